The number of hydrogen-bond donors (Lipinski definition) is 1. The topological polar surface area (TPSA) is 107 Å². The molecule has 1 unspecified atom stereocenters. The average molecular weight is 461 g/mol. The minimum absolute atomic E-state index is 0.0372. The summed E-state index contributed by atoms with van der Waals surface area (Å²) in [5.41, 5.74) is -0.405. The van der Waals surface area contributed by atoms with Crippen LogP contribution in [0.4, 0.5) is 13.2 Å². The highest BCUT2D eigenvalue weighted by molar-refractivity contribution is 9.10. The van der Waals surface area contributed by atoms with Gasteiger partial charge in [0, 0.05) is 5.57 Å². The average Bonchev–Trinajstić information content (AvgIpc) is 2.46. The molecule has 26 heavy (non-hydrogen) atoms. The van der Waals surface area contributed by atoms with Crippen LogP contribution in [0.15, 0.2) is 34.8 Å². The van der Waals surface area contributed by atoms with Crippen molar-refractivity contribution in [1.82, 2.24) is 0 Å². The molecule has 1 rings (SSSR count). The second kappa shape index (κ2) is 8.18. The molecule has 7 nitrogen and oxygen atoms in total. The van der Waals surface area contributed by atoms with Gasteiger partial charge in [-0.15, -0.1) is 0 Å². The molecule has 0 aromatic heterocycles. The summed E-state index contributed by atoms with van der Waals surface area (Å²) >= 11 is 3.03. The third-order valence-electron chi connectivity index (χ3n) is 2.69. The smallest absolute Gasteiger partial charge is 0.426 e. The van der Waals surface area contributed by atoms with E-state index in [2.05, 4.69) is 27.2 Å². The zero-order valence-corrected chi connectivity index (χ0v) is 15.4. The monoisotopic (exact) mass is 460 g/mol. The van der Waals surface area contributed by atoms with Crippen molar-refractivity contribution in [3.8, 4) is 5.75 Å². The normalized spacial score (nSPS) is 13.0. The van der Waals surface area contributed by atoms with Gasteiger partial charge in [-0.3, -0.25) is 4.55 Å². The van der Waals surface area contributed by atoms with Crippen LogP contribution >= 0.6 is 15.9 Å². The predicted octanol–water partition coefficient (Wildman–Crippen LogP) is 2.91. The molecule has 1 N–H and O–H groups in total. The first kappa shape index (κ1) is 22.1. The lowest BCUT2D eigenvalue weighted by Gasteiger charge is -2.19. The molecule has 0 fully saturated rings. The van der Waals surface area contributed by atoms with Gasteiger partial charge in [0.05, 0.1) is 10.0 Å². The van der Waals surface area contributed by atoms with E-state index in [0.29, 0.717) is 0 Å². The second-order valence-corrected chi connectivity index (χ2v) is 7.35. The third kappa shape index (κ3) is 6.77. The summed E-state index contributed by atoms with van der Waals surface area (Å²) in [6.45, 7) is 4.71. The molecule has 0 saturated heterocycles. The Morgan fingerprint density at radius 3 is 2.38 bits per heavy atom. The van der Waals surface area contributed by atoms with Crippen molar-refractivity contribution in [3.63, 3.8) is 0 Å². The Morgan fingerprint density at radius 1 is 1.35 bits per heavy atom. The lowest BCUT2D eigenvalue weighted by atomic mass is 10.2. The zero-order valence-electron chi connectivity index (χ0n) is 13.0. The largest absolute Gasteiger partial charge is 0.448 e. The van der Waals surface area contributed by atoms with E-state index in [1.54, 1.807) is 0 Å². The van der Waals surface area contributed by atoms with E-state index in [1.807, 2.05) is 0 Å². The van der Waals surface area contributed by atoms with E-state index >= 15 is 0 Å². The van der Waals surface area contributed by atoms with Crippen LogP contribution in [0.1, 0.15) is 17.3 Å². The first-order chi connectivity index (χ1) is 11.7. The van der Waals surface area contributed by atoms with Gasteiger partial charge >= 0.3 is 18.1 Å². The lowest BCUT2D eigenvalue weighted by molar-refractivity contribution is -0.197. The van der Waals surface area contributed by atoms with E-state index < -0.39 is 45.7 Å². The summed E-state index contributed by atoms with van der Waals surface area (Å²) in [7, 11) is -5.06. The van der Waals surface area contributed by atoms with Crippen LogP contribution in [0, 0.1) is 0 Å². The summed E-state index contributed by atoms with van der Waals surface area (Å²) in [5.74, 6) is -4.41. The number of hydrogen-bond acceptors (Lipinski definition) is 6. The van der Waals surface area contributed by atoms with Crippen molar-refractivity contribution >= 4 is 38.0 Å². The van der Waals surface area contributed by atoms with Crippen LogP contribution in [-0.2, 0) is 19.6 Å². The molecule has 0 saturated carbocycles. The van der Waals surface area contributed by atoms with Crippen LogP contribution in [0.25, 0.3) is 0 Å². The van der Waals surface area contributed by atoms with Gasteiger partial charge in [-0.1, -0.05) is 6.58 Å². The molecule has 0 aliphatic rings. The molecule has 1 aromatic carbocycles. The van der Waals surface area contributed by atoms with Crippen molar-refractivity contribution in [1.29, 1.82) is 0 Å². The molecule has 0 spiro atoms. The number of ether oxygens (including phenoxy) is 2. The number of esters is 2. The first-order valence-electron chi connectivity index (χ1n) is 6.61. The molecule has 0 aliphatic heterocycles. The Bertz CT molecular complexity index is 833. The maximum Gasteiger partial charge on any atom is 0.426 e. The molecular formula is C14H12BrF3O7S. The lowest BCUT2D eigenvalue weighted by Crippen LogP contribution is -2.39. The number of halogens is 4. The van der Waals surface area contributed by atoms with Crippen LogP contribution in [-0.4, -0.2) is 42.9 Å². The standard InChI is InChI=1S/C14H12BrF3O7S/c1-7(2)12(19)24-10-5-8(3-4-9(10)15)13(20)25-11(14(16,17)18)6-26(21,22)23/h3-5,11H,1,6H2,2H3,(H,21,22,23). The van der Waals surface area contributed by atoms with Gasteiger partial charge < -0.3 is 9.47 Å². The van der Waals surface area contributed by atoms with Crippen molar-refractivity contribution in [3.05, 3.63) is 40.4 Å². The van der Waals surface area contributed by atoms with Crippen molar-refractivity contribution in [2.45, 2.75) is 19.2 Å². The SMILES string of the molecule is C=C(C)C(=O)Oc1cc(C(=O)OC(CS(=O)(=O)O)C(F)(F)F)ccc1Br. The summed E-state index contributed by atoms with van der Waals surface area (Å²) in [6, 6.07) is 3.20. The highest BCUT2D eigenvalue weighted by atomic mass is 79.9. The minimum Gasteiger partial charge on any atom is -0.448 e. The summed E-state index contributed by atoms with van der Waals surface area (Å²) in [5, 5.41) is 0. The van der Waals surface area contributed by atoms with Crippen molar-refractivity contribution < 1.29 is 45.2 Å². The third-order valence-corrected chi connectivity index (χ3v) is 4.07. The highest BCUT2D eigenvalue weighted by Gasteiger charge is 2.45. The van der Waals surface area contributed by atoms with Gasteiger partial charge in [0.1, 0.15) is 11.5 Å². The van der Waals surface area contributed by atoms with E-state index in [0.717, 1.165) is 12.1 Å². The van der Waals surface area contributed by atoms with Crippen molar-refractivity contribution in [2.24, 2.45) is 0 Å². The van der Waals surface area contributed by atoms with E-state index in [4.69, 9.17) is 9.29 Å². The van der Waals surface area contributed by atoms with Crippen LogP contribution < -0.4 is 4.74 Å². The zero-order chi connectivity index (χ0) is 20.3. The Morgan fingerprint density at radius 2 is 1.92 bits per heavy atom. The Labute approximate surface area is 154 Å². The van der Waals surface area contributed by atoms with Crippen LogP contribution in [0.3, 0.4) is 0 Å². The minimum atomic E-state index is -5.23. The summed E-state index contributed by atoms with van der Waals surface area (Å²) in [4.78, 5) is 23.4. The van der Waals surface area contributed by atoms with Crippen LogP contribution in [0.5, 0.6) is 5.75 Å². The van der Waals surface area contributed by atoms with Crippen molar-refractivity contribution in [2.75, 3.05) is 5.75 Å². The van der Waals surface area contributed by atoms with Gasteiger partial charge in [0.2, 0.25) is 6.10 Å². The van der Waals surface area contributed by atoms with Gasteiger partial charge in [0.25, 0.3) is 10.1 Å². The summed E-state index contributed by atoms with van der Waals surface area (Å²) in [6.07, 6.45) is -8.30. The summed E-state index contributed by atoms with van der Waals surface area (Å²) < 4.78 is 77.6. The molecule has 144 valence electrons. The van der Waals surface area contributed by atoms with E-state index in [9.17, 15) is 31.2 Å². The number of carbonyl (C=O) groups excluding carboxylic acids is 2. The highest BCUT2D eigenvalue weighted by Crippen LogP contribution is 2.29. The molecule has 1 atom stereocenters. The molecule has 0 aliphatic carbocycles. The van der Waals surface area contributed by atoms with Gasteiger partial charge in [-0.25, -0.2) is 9.59 Å². The fourth-order valence-electron chi connectivity index (χ4n) is 1.48. The van der Waals surface area contributed by atoms with E-state index in [1.165, 1.54) is 13.0 Å². The molecule has 0 heterocycles. The molecule has 0 amide bonds. The quantitative estimate of drug-likeness (QED) is 0.301. The maximum absolute atomic E-state index is 12.8. The van der Waals surface area contributed by atoms with Gasteiger partial charge in [-0.2, -0.15) is 21.6 Å². The maximum atomic E-state index is 12.8. The molecule has 12 heteroatoms. The number of rotatable bonds is 6. The molecule has 1 aromatic rings. The van der Waals surface area contributed by atoms with E-state index in [-0.39, 0.29) is 15.8 Å². The van der Waals surface area contributed by atoms with Crippen LogP contribution in [0.2, 0.25) is 0 Å². The predicted molar refractivity (Wildman–Crippen MR) is 86.3 cm³/mol. The number of alkyl halides is 3. The Hall–Kier alpha value is -1.92. The fraction of sp³-hybridized carbons (Fsp3) is 0.286. The van der Waals surface area contributed by atoms with Gasteiger partial charge in [-0.05, 0) is 41.1 Å². The molecule has 0 bridgehead atoms. The molecule has 0 radical (unpaired) electrons. The number of carbonyl (C=O) groups is 2. The van der Waals surface area contributed by atoms with Gasteiger partial charge in [0.15, 0.2) is 0 Å². The fourth-order valence-corrected chi connectivity index (χ4v) is 2.45. The molecular weight excluding hydrogens is 449 g/mol. The second-order valence-electron chi connectivity index (χ2n) is 5.00. The Kier molecular flexibility index (Phi) is 6.96. The first-order valence-corrected chi connectivity index (χ1v) is 9.01. The number of benzene rings is 1. The Balaban J connectivity index is 3.08.